The van der Waals surface area contributed by atoms with Crippen LogP contribution in [0.3, 0.4) is 0 Å². The van der Waals surface area contributed by atoms with Crippen molar-refractivity contribution < 1.29 is 0 Å². The van der Waals surface area contributed by atoms with Crippen molar-refractivity contribution in [1.29, 1.82) is 0 Å². The lowest BCUT2D eigenvalue weighted by atomic mass is 10.0. The Balaban J connectivity index is 2.31. The fourth-order valence-corrected chi connectivity index (χ4v) is 1.89. The third-order valence-corrected chi connectivity index (χ3v) is 2.62. The van der Waals surface area contributed by atoms with Crippen LogP contribution < -0.4 is 0 Å². The Labute approximate surface area is 88.4 Å². The van der Waals surface area contributed by atoms with Gasteiger partial charge in [0.15, 0.2) is 0 Å². The van der Waals surface area contributed by atoms with E-state index in [4.69, 9.17) is 0 Å². The van der Waals surface area contributed by atoms with Gasteiger partial charge in [-0.1, -0.05) is 42.5 Å². The topological polar surface area (TPSA) is 15.8 Å². The van der Waals surface area contributed by atoms with E-state index in [2.05, 4.69) is 47.4 Å². The lowest BCUT2D eigenvalue weighted by molar-refractivity contribution is 1.47. The highest BCUT2D eigenvalue weighted by molar-refractivity contribution is 5.93. The molecule has 1 radical (unpaired) electrons. The molecule has 1 heterocycles. The SMILES string of the molecule is [c]1ccc(-c2cccc3cc[nH]c23)cc1. The molecule has 1 nitrogen and oxygen atoms in total. The summed E-state index contributed by atoms with van der Waals surface area (Å²) in [5, 5.41) is 1.25. The van der Waals surface area contributed by atoms with E-state index in [-0.39, 0.29) is 0 Å². The zero-order chi connectivity index (χ0) is 10.1. The minimum Gasteiger partial charge on any atom is -0.361 e. The van der Waals surface area contributed by atoms with Crippen LogP contribution in [0.25, 0.3) is 22.0 Å². The Hall–Kier alpha value is -2.02. The molecule has 0 bridgehead atoms. The zero-order valence-corrected chi connectivity index (χ0v) is 8.20. The molecule has 0 aliphatic carbocycles. The predicted molar refractivity (Wildman–Crippen MR) is 62.6 cm³/mol. The van der Waals surface area contributed by atoms with Crippen molar-refractivity contribution in [3.8, 4) is 11.1 Å². The number of rotatable bonds is 1. The molecule has 0 spiro atoms. The Morgan fingerprint density at radius 1 is 0.933 bits per heavy atom. The van der Waals surface area contributed by atoms with Crippen LogP contribution in [0.4, 0.5) is 0 Å². The van der Waals surface area contributed by atoms with Crippen LogP contribution in [0, 0.1) is 6.07 Å². The number of hydrogen-bond donors (Lipinski definition) is 1. The molecule has 0 aliphatic heterocycles. The molecule has 3 aromatic rings. The first-order valence-electron chi connectivity index (χ1n) is 4.98. The average molecular weight is 192 g/mol. The Morgan fingerprint density at radius 3 is 2.67 bits per heavy atom. The van der Waals surface area contributed by atoms with Gasteiger partial charge in [-0.25, -0.2) is 0 Å². The third kappa shape index (κ3) is 1.33. The molecule has 1 heteroatoms. The normalized spacial score (nSPS) is 10.7. The van der Waals surface area contributed by atoms with Crippen LogP contribution in [-0.4, -0.2) is 4.98 Å². The van der Waals surface area contributed by atoms with Crippen molar-refractivity contribution in [2.75, 3.05) is 0 Å². The molecule has 15 heavy (non-hydrogen) atoms. The van der Waals surface area contributed by atoms with E-state index in [1.807, 2.05) is 18.3 Å². The number of para-hydroxylation sites is 1. The van der Waals surface area contributed by atoms with Crippen LogP contribution in [0.15, 0.2) is 54.7 Å². The van der Waals surface area contributed by atoms with E-state index < -0.39 is 0 Å². The maximum atomic E-state index is 3.28. The van der Waals surface area contributed by atoms with E-state index in [1.54, 1.807) is 0 Å². The summed E-state index contributed by atoms with van der Waals surface area (Å²) in [6.07, 6.45) is 1.98. The first-order valence-corrected chi connectivity index (χ1v) is 4.98. The second kappa shape index (κ2) is 3.28. The third-order valence-electron chi connectivity index (χ3n) is 2.62. The fraction of sp³-hybridized carbons (Fsp3) is 0. The number of nitrogens with one attached hydrogen (secondary N) is 1. The highest BCUT2D eigenvalue weighted by atomic mass is 14.7. The molecule has 1 N–H and O–H groups in total. The standard InChI is InChI=1S/C14H10N/c1-2-5-11(6-3-1)13-8-4-7-12-9-10-15-14(12)13/h2-10,15H. The minimum atomic E-state index is 1.20. The van der Waals surface area contributed by atoms with E-state index in [0.717, 1.165) is 0 Å². The molecule has 0 fully saturated rings. The highest BCUT2D eigenvalue weighted by Gasteiger charge is 2.02. The van der Waals surface area contributed by atoms with Gasteiger partial charge in [-0.2, -0.15) is 0 Å². The number of H-pyrrole nitrogens is 1. The zero-order valence-electron chi connectivity index (χ0n) is 8.20. The maximum Gasteiger partial charge on any atom is 0.0533 e. The molecule has 0 amide bonds. The maximum absolute atomic E-state index is 3.28. The van der Waals surface area contributed by atoms with Gasteiger partial charge >= 0.3 is 0 Å². The molecular weight excluding hydrogens is 182 g/mol. The first-order chi connectivity index (χ1) is 7.45. The van der Waals surface area contributed by atoms with Crippen LogP contribution >= 0.6 is 0 Å². The van der Waals surface area contributed by atoms with Crippen LogP contribution in [0.2, 0.25) is 0 Å². The molecule has 0 saturated carbocycles. The summed E-state index contributed by atoms with van der Waals surface area (Å²) in [6, 6.07) is 19.5. The molecule has 71 valence electrons. The largest absolute Gasteiger partial charge is 0.361 e. The van der Waals surface area contributed by atoms with Gasteiger partial charge in [0.25, 0.3) is 0 Å². The van der Waals surface area contributed by atoms with Gasteiger partial charge in [-0.15, -0.1) is 0 Å². The summed E-state index contributed by atoms with van der Waals surface area (Å²) in [6.45, 7) is 0. The van der Waals surface area contributed by atoms with Crippen molar-refractivity contribution in [2.45, 2.75) is 0 Å². The molecule has 3 rings (SSSR count). The summed E-state index contributed by atoms with van der Waals surface area (Å²) >= 11 is 0. The number of aromatic amines is 1. The average Bonchev–Trinajstić information content (AvgIpc) is 2.78. The van der Waals surface area contributed by atoms with Crippen LogP contribution in [0.5, 0.6) is 0 Å². The number of hydrogen-bond acceptors (Lipinski definition) is 0. The minimum absolute atomic E-state index is 1.20. The second-order valence-corrected chi connectivity index (χ2v) is 3.54. The van der Waals surface area contributed by atoms with Crippen molar-refractivity contribution in [3.63, 3.8) is 0 Å². The van der Waals surface area contributed by atoms with Crippen molar-refractivity contribution in [3.05, 3.63) is 60.8 Å². The number of benzene rings is 2. The van der Waals surface area contributed by atoms with E-state index >= 15 is 0 Å². The lowest BCUT2D eigenvalue weighted by Gasteiger charge is -2.02. The summed E-state index contributed by atoms with van der Waals surface area (Å²) in [5.74, 6) is 0. The van der Waals surface area contributed by atoms with Crippen molar-refractivity contribution >= 4 is 10.9 Å². The van der Waals surface area contributed by atoms with Crippen LogP contribution in [0.1, 0.15) is 0 Å². The van der Waals surface area contributed by atoms with Gasteiger partial charge in [0.2, 0.25) is 0 Å². The Bertz CT molecular complexity index is 578. The lowest BCUT2D eigenvalue weighted by Crippen LogP contribution is -1.79. The van der Waals surface area contributed by atoms with Crippen molar-refractivity contribution in [2.24, 2.45) is 0 Å². The van der Waals surface area contributed by atoms with Gasteiger partial charge in [0, 0.05) is 11.8 Å². The predicted octanol–water partition coefficient (Wildman–Crippen LogP) is 3.64. The first kappa shape index (κ1) is 8.30. The van der Waals surface area contributed by atoms with Crippen molar-refractivity contribution in [1.82, 2.24) is 4.98 Å². The molecule has 0 atom stereocenters. The van der Waals surface area contributed by atoms with Crippen LogP contribution in [-0.2, 0) is 0 Å². The fourth-order valence-electron chi connectivity index (χ4n) is 1.89. The van der Waals surface area contributed by atoms with E-state index in [0.29, 0.717) is 0 Å². The van der Waals surface area contributed by atoms with Gasteiger partial charge < -0.3 is 4.98 Å². The molecule has 1 aromatic heterocycles. The Morgan fingerprint density at radius 2 is 1.80 bits per heavy atom. The molecule has 0 aliphatic rings. The summed E-state index contributed by atoms with van der Waals surface area (Å²) in [7, 11) is 0. The smallest absolute Gasteiger partial charge is 0.0533 e. The summed E-state index contributed by atoms with van der Waals surface area (Å²) in [4.78, 5) is 3.28. The van der Waals surface area contributed by atoms with E-state index in [9.17, 15) is 0 Å². The number of fused-ring (bicyclic) bond motifs is 1. The molecule has 2 aromatic carbocycles. The van der Waals surface area contributed by atoms with Gasteiger partial charge in [-0.05, 0) is 23.1 Å². The highest BCUT2D eigenvalue weighted by Crippen LogP contribution is 2.26. The molecule has 0 unspecified atom stereocenters. The summed E-state index contributed by atoms with van der Waals surface area (Å²) < 4.78 is 0. The van der Waals surface area contributed by atoms with Gasteiger partial charge in [0.1, 0.15) is 0 Å². The molecule has 0 saturated heterocycles. The number of aromatic nitrogens is 1. The Kier molecular flexibility index (Phi) is 1.82. The van der Waals surface area contributed by atoms with Gasteiger partial charge in [0.05, 0.1) is 5.52 Å². The quantitative estimate of drug-likeness (QED) is 0.606. The molecular formula is C14H10N. The second-order valence-electron chi connectivity index (χ2n) is 3.54. The monoisotopic (exact) mass is 192 g/mol. The summed E-state index contributed by atoms with van der Waals surface area (Å²) in [5.41, 5.74) is 3.66. The van der Waals surface area contributed by atoms with Gasteiger partial charge in [-0.3, -0.25) is 0 Å². The van der Waals surface area contributed by atoms with E-state index in [1.165, 1.54) is 22.0 Å².